The van der Waals surface area contributed by atoms with E-state index in [-0.39, 0.29) is 17.0 Å². The Morgan fingerprint density at radius 2 is 2.27 bits per heavy atom. The maximum atomic E-state index is 12.6. The molecule has 2 aromatic rings. The Morgan fingerprint density at radius 1 is 1.50 bits per heavy atom. The molecule has 1 aliphatic carbocycles. The van der Waals surface area contributed by atoms with E-state index in [4.69, 9.17) is 4.74 Å². The van der Waals surface area contributed by atoms with Crippen molar-refractivity contribution in [2.45, 2.75) is 26.2 Å². The number of carbonyl (C=O) groups is 1. The number of nitro groups is 1. The normalized spacial score (nSPS) is 15.7. The van der Waals surface area contributed by atoms with E-state index >= 15 is 0 Å². The fraction of sp³-hybridized carbons (Fsp3) is 0.333. The molecule has 134 valence electrons. The number of fused-ring (bicyclic) bond motifs is 1. The Kier molecular flexibility index (Phi) is 4.91. The molecule has 1 aliphatic rings. The number of hydrogen-bond donors (Lipinski definition) is 1. The molecule has 0 fully saturated rings. The van der Waals surface area contributed by atoms with Gasteiger partial charge in [0.15, 0.2) is 5.75 Å². The lowest BCUT2D eigenvalue weighted by molar-refractivity contribution is -0.385. The summed E-state index contributed by atoms with van der Waals surface area (Å²) in [6.07, 6.45) is 2.76. The Balaban J connectivity index is 1.91. The highest BCUT2D eigenvalue weighted by atomic mass is 32.1. The summed E-state index contributed by atoms with van der Waals surface area (Å²) in [6, 6.07) is 6.22. The zero-order chi connectivity index (χ0) is 18.8. The first-order valence-electron chi connectivity index (χ1n) is 8.13. The molecule has 1 atom stereocenters. The van der Waals surface area contributed by atoms with Gasteiger partial charge in [-0.3, -0.25) is 14.9 Å². The van der Waals surface area contributed by atoms with Crippen LogP contribution in [0.4, 0.5) is 10.7 Å². The number of amides is 1. The molecule has 1 N–H and O–H groups in total. The number of methoxy groups -OCH3 is 1. The molecule has 1 amide bonds. The Morgan fingerprint density at radius 3 is 2.92 bits per heavy atom. The van der Waals surface area contributed by atoms with Crippen molar-refractivity contribution in [3.8, 4) is 11.8 Å². The van der Waals surface area contributed by atoms with Gasteiger partial charge in [0.05, 0.1) is 17.6 Å². The van der Waals surface area contributed by atoms with Crippen LogP contribution in [0.1, 0.15) is 39.7 Å². The van der Waals surface area contributed by atoms with E-state index in [1.807, 2.05) is 0 Å². The van der Waals surface area contributed by atoms with Crippen molar-refractivity contribution in [2.24, 2.45) is 5.92 Å². The van der Waals surface area contributed by atoms with Gasteiger partial charge in [0, 0.05) is 16.5 Å². The molecule has 0 spiro atoms. The zero-order valence-corrected chi connectivity index (χ0v) is 15.2. The average Bonchev–Trinajstić information content (AvgIpc) is 2.96. The van der Waals surface area contributed by atoms with Gasteiger partial charge < -0.3 is 10.1 Å². The highest BCUT2D eigenvalue weighted by Gasteiger charge is 2.25. The van der Waals surface area contributed by atoms with Gasteiger partial charge in [-0.15, -0.1) is 11.3 Å². The number of hydrogen-bond acceptors (Lipinski definition) is 6. The molecule has 0 unspecified atom stereocenters. The largest absolute Gasteiger partial charge is 0.490 e. The van der Waals surface area contributed by atoms with Crippen molar-refractivity contribution in [3.05, 3.63) is 49.9 Å². The van der Waals surface area contributed by atoms with Gasteiger partial charge in [0.1, 0.15) is 11.1 Å². The van der Waals surface area contributed by atoms with Crippen LogP contribution in [0.5, 0.6) is 5.75 Å². The number of thiophene rings is 1. The summed E-state index contributed by atoms with van der Waals surface area (Å²) in [5.74, 6) is 0.157. The summed E-state index contributed by atoms with van der Waals surface area (Å²) in [4.78, 5) is 24.2. The molecule has 26 heavy (non-hydrogen) atoms. The third-order valence-electron chi connectivity index (χ3n) is 4.49. The molecular weight excluding hydrogens is 354 g/mol. The van der Waals surface area contributed by atoms with E-state index in [2.05, 4.69) is 18.3 Å². The van der Waals surface area contributed by atoms with Gasteiger partial charge >= 0.3 is 5.69 Å². The van der Waals surface area contributed by atoms with Crippen LogP contribution >= 0.6 is 11.3 Å². The van der Waals surface area contributed by atoms with Gasteiger partial charge in [-0.05, 0) is 42.9 Å². The number of nitriles is 1. The van der Waals surface area contributed by atoms with Crippen LogP contribution in [-0.4, -0.2) is 17.9 Å². The second kappa shape index (κ2) is 7.14. The lowest BCUT2D eigenvalue weighted by atomic mass is 9.88. The first kappa shape index (κ1) is 17.9. The summed E-state index contributed by atoms with van der Waals surface area (Å²) in [5.41, 5.74) is 1.39. The number of anilines is 1. The fourth-order valence-electron chi connectivity index (χ4n) is 3.11. The standard InChI is InChI=1S/C18H17N3O4S/c1-10-3-5-12-13(9-19)18(26-16(12)7-10)20-17(22)11-4-6-15(25-2)14(8-11)21(23)24/h4,6,8,10H,3,5,7H2,1-2H3,(H,20,22)/t10-/m1/s1. The predicted octanol–water partition coefficient (Wildman–Crippen LogP) is 3.91. The highest BCUT2D eigenvalue weighted by molar-refractivity contribution is 7.16. The minimum Gasteiger partial charge on any atom is -0.490 e. The van der Waals surface area contributed by atoms with E-state index in [0.717, 1.165) is 29.7 Å². The zero-order valence-electron chi connectivity index (χ0n) is 14.4. The number of carbonyl (C=O) groups excluding carboxylic acids is 1. The fourth-order valence-corrected chi connectivity index (χ4v) is 4.46. The SMILES string of the molecule is COc1ccc(C(=O)Nc2sc3c(c2C#N)CC[C@@H](C)C3)cc1[N+](=O)[O-]. The Hall–Kier alpha value is -2.92. The van der Waals surface area contributed by atoms with Gasteiger partial charge in [0.25, 0.3) is 5.91 Å². The van der Waals surface area contributed by atoms with Crippen molar-refractivity contribution in [1.29, 1.82) is 5.26 Å². The number of rotatable bonds is 4. The second-order valence-electron chi connectivity index (χ2n) is 6.27. The van der Waals surface area contributed by atoms with Crippen LogP contribution < -0.4 is 10.1 Å². The van der Waals surface area contributed by atoms with Gasteiger partial charge in [-0.1, -0.05) is 6.92 Å². The summed E-state index contributed by atoms with van der Waals surface area (Å²) in [7, 11) is 1.33. The molecule has 1 heterocycles. The quantitative estimate of drug-likeness (QED) is 0.648. The number of nitrogens with zero attached hydrogens (tertiary/aromatic N) is 2. The minimum atomic E-state index is -0.596. The predicted molar refractivity (Wildman–Crippen MR) is 97.8 cm³/mol. The number of benzene rings is 1. The maximum Gasteiger partial charge on any atom is 0.311 e. The van der Waals surface area contributed by atoms with E-state index in [1.165, 1.54) is 36.6 Å². The summed E-state index contributed by atoms with van der Waals surface area (Å²) >= 11 is 1.42. The first-order chi connectivity index (χ1) is 12.4. The van der Waals surface area contributed by atoms with Crippen LogP contribution in [0.3, 0.4) is 0 Å². The smallest absolute Gasteiger partial charge is 0.311 e. The minimum absolute atomic E-state index is 0.0878. The van der Waals surface area contributed by atoms with Gasteiger partial charge in [-0.25, -0.2) is 0 Å². The summed E-state index contributed by atoms with van der Waals surface area (Å²) in [6.45, 7) is 2.17. The summed E-state index contributed by atoms with van der Waals surface area (Å²) in [5, 5.41) is 23.9. The molecule has 1 aromatic carbocycles. The summed E-state index contributed by atoms with van der Waals surface area (Å²) < 4.78 is 4.95. The average molecular weight is 371 g/mol. The van der Waals surface area contributed by atoms with Crippen LogP contribution in [0.25, 0.3) is 0 Å². The van der Waals surface area contributed by atoms with E-state index in [1.54, 1.807) is 0 Å². The van der Waals surface area contributed by atoms with Crippen molar-refractivity contribution in [2.75, 3.05) is 12.4 Å². The Bertz CT molecular complexity index is 929. The van der Waals surface area contributed by atoms with Crippen LogP contribution in [0.15, 0.2) is 18.2 Å². The van der Waals surface area contributed by atoms with Crippen LogP contribution in [0.2, 0.25) is 0 Å². The molecular formula is C18H17N3O4S. The number of nitro benzene ring substituents is 1. The molecule has 0 aliphatic heterocycles. The molecule has 0 saturated carbocycles. The van der Waals surface area contributed by atoms with Gasteiger partial charge in [0.2, 0.25) is 0 Å². The molecule has 1 aromatic heterocycles. The topological polar surface area (TPSA) is 105 Å². The van der Waals surface area contributed by atoms with Crippen molar-refractivity contribution in [3.63, 3.8) is 0 Å². The number of ether oxygens (including phenoxy) is 1. The molecule has 0 bridgehead atoms. The van der Waals surface area contributed by atoms with Crippen molar-refractivity contribution < 1.29 is 14.5 Å². The van der Waals surface area contributed by atoms with Crippen LogP contribution in [-0.2, 0) is 12.8 Å². The van der Waals surface area contributed by atoms with E-state index in [0.29, 0.717) is 16.5 Å². The van der Waals surface area contributed by atoms with Gasteiger partial charge in [-0.2, -0.15) is 5.26 Å². The first-order valence-corrected chi connectivity index (χ1v) is 8.94. The van der Waals surface area contributed by atoms with Crippen molar-refractivity contribution in [1.82, 2.24) is 0 Å². The van der Waals surface area contributed by atoms with E-state index < -0.39 is 10.8 Å². The molecule has 7 nitrogen and oxygen atoms in total. The maximum absolute atomic E-state index is 12.6. The second-order valence-corrected chi connectivity index (χ2v) is 7.37. The van der Waals surface area contributed by atoms with E-state index in [9.17, 15) is 20.2 Å². The van der Waals surface area contributed by atoms with Crippen molar-refractivity contribution >= 4 is 27.9 Å². The number of nitrogens with one attached hydrogen (secondary N) is 1. The molecule has 0 saturated heterocycles. The molecule has 0 radical (unpaired) electrons. The highest BCUT2D eigenvalue weighted by Crippen LogP contribution is 2.39. The van der Waals surface area contributed by atoms with Crippen LogP contribution in [0, 0.1) is 27.4 Å². The molecule has 8 heteroatoms. The lowest BCUT2D eigenvalue weighted by Crippen LogP contribution is -2.12. The lowest BCUT2D eigenvalue weighted by Gasteiger charge is -2.17. The Labute approximate surface area is 154 Å². The molecule has 3 rings (SSSR count). The monoisotopic (exact) mass is 371 g/mol. The third kappa shape index (κ3) is 3.26. The third-order valence-corrected chi connectivity index (χ3v) is 5.66.